The molecule has 168 valence electrons. The van der Waals surface area contributed by atoms with Crippen molar-refractivity contribution in [3.8, 4) is 0 Å². The minimum atomic E-state index is 0.660. The van der Waals surface area contributed by atoms with Crippen LogP contribution in [0.4, 0.5) is 17.8 Å². The number of anilines is 3. The molecule has 2 N–H and O–H groups in total. The molecule has 3 aliphatic heterocycles. The minimum absolute atomic E-state index is 0.660. The van der Waals surface area contributed by atoms with Crippen LogP contribution in [0, 0.1) is 0 Å². The Morgan fingerprint density at radius 3 is 1.63 bits per heavy atom. The molecule has 10 nitrogen and oxygen atoms in total. The zero-order chi connectivity index (χ0) is 20.4. The molecule has 0 spiro atoms. The van der Waals surface area contributed by atoms with E-state index in [4.69, 9.17) is 19.4 Å². The summed E-state index contributed by atoms with van der Waals surface area (Å²) >= 11 is 0. The quantitative estimate of drug-likeness (QED) is 0.583. The Balaban J connectivity index is 1.34. The van der Waals surface area contributed by atoms with Gasteiger partial charge in [0, 0.05) is 65.4 Å². The Morgan fingerprint density at radius 1 is 0.633 bits per heavy atom. The van der Waals surface area contributed by atoms with Gasteiger partial charge in [-0.15, -0.1) is 0 Å². The van der Waals surface area contributed by atoms with E-state index >= 15 is 0 Å². The van der Waals surface area contributed by atoms with E-state index in [1.165, 1.54) is 19.3 Å². The van der Waals surface area contributed by atoms with Crippen molar-refractivity contribution in [2.24, 2.45) is 0 Å². The highest BCUT2D eigenvalue weighted by Crippen LogP contribution is 2.18. The fraction of sp³-hybridized carbons (Fsp3) is 0.850. The third-order valence-electron chi connectivity index (χ3n) is 5.89. The van der Waals surface area contributed by atoms with Crippen LogP contribution in [0.2, 0.25) is 0 Å². The van der Waals surface area contributed by atoms with Crippen molar-refractivity contribution in [1.82, 2.24) is 24.8 Å². The van der Waals surface area contributed by atoms with Crippen molar-refractivity contribution < 1.29 is 9.47 Å². The van der Waals surface area contributed by atoms with Gasteiger partial charge in [-0.25, -0.2) is 0 Å². The lowest BCUT2D eigenvalue weighted by Gasteiger charge is -2.28. The first-order chi connectivity index (χ1) is 14.9. The van der Waals surface area contributed by atoms with E-state index in [-0.39, 0.29) is 0 Å². The van der Waals surface area contributed by atoms with E-state index in [1.807, 2.05) is 0 Å². The number of ether oxygens (including phenoxy) is 2. The Bertz CT molecular complexity index is 589. The topological polar surface area (TPSA) is 90.9 Å². The maximum absolute atomic E-state index is 5.43. The predicted molar refractivity (Wildman–Crippen MR) is 117 cm³/mol. The number of hydrogen-bond acceptors (Lipinski definition) is 10. The van der Waals surface area contributed by atoms with E-state index < -0.39 is 0 Å². The molecule has 4 heterocycles. The van der Waals surface area contributed by atoms with Crippen LogP contribution in [0.1, 0.15) is 19.3 Å². The van der Waals surface area contributed by atoms with Crippen LogP contribution in [0.25, 0.3) is 0 Å². The zero-order valence-corrected chi connectivity index (χ0v) is 18.0. The van der Waals surface area contributed by atoms with Crippen LogP contribution >= 0.6 is 0 Å². The molecule has 0 saturated carbocycles. The van der Waals surface area contributed by atoms with Crippen LogP contribution in [0.5, 0.6) is 0 Å². The second-order valence-electron chi connectivity index (χ2n) is 8.09. The average molecular weight is 421 g/mol. The summed E-state index contributed by atoms with van der Waals surface area (Å²) < 4.78 is 10.9. The summed E-state index contributed by atoms with van der Waals surface area (Å²) in [6.07, 6.45) is 3.69. The van der Waals surface area contributed by atoms with Gasteiger partial charge in [-0.1, -0.05) is 0 Å². The van der Waals surface area contributed by atoms with Crippen LogP contribution in [-0.2, 0) is 9.47 Å². The Labute approximate surface area is 179 Å². The number of rotatable bonds is 9. The molecular weight excluding hydrogens is 384 g/mol. The standard InChI is InChI=1S/C20H36N8O2/c1-2-6-28(7-3-1)20-24-18(21-4-8-26-10-14-29-15-11-26)23-19(25-20)22-5-9-27-12-16-30-17-13-27/h1-17H2,(H2,21,22,23,24,25). The third kappa shape index (κ3) is 6.63. The number of nitrogens with one attached hydrogen (secondary N) is 2. The van der Waals surface area contributed by atoms with Crippen LogP contribution in [0.15, 0.2) is 0 Å². The molecule has 3 aliphatic rings. The van der Waals surface area contributed by atoms with Gasteiger partial charge in [-0.3, -0.25) is 9.80 Å². The summed E-state index contributed by atoms with van der Waals surface area (Å²) in [6.45, 7) is 12.9. The van der Waals surface area contributed by atoms with E-state index in [0.717, 1.165) is 97.8 Å². The highest BCUT2D eigenvalue weighted by Gasteiger charge is 2.17. The molecule has 0 amide bonds. The molecule has 30 heavy (non-hydrogen) atoms. The van der Waals surface area contributed by atoms with E-state index in [1.54, 1.807) is 0 Å². The summed E-state index contributed by atoms with van der Waals surface area (Å²) in [5.41, 5.74) is 0. The molecule has 0 unspecified atom stereocenters. The molecule has 1 aromatic rings. The molecule has 3 fully saturated rings. The molecular formula is C20H36N8O2. The first-order valence-electron chi connectivity index (χ1n) is 11.5. The lowest BCUT2D eigenvalue weighted by molar-refractivity contribution is 0.0398. The molecule has 0 aliphatic carbocycles. The number of nitrogens with zero attached hydrogens (tertiary/aromatic N) is 6. The van der Waals surface area contributed by atoms with Crippen LogP contribution < -0.4 is 15.5 Å². The minimum Gasteiger partial charge on any atom is -0.379 e. The lowest BCUT2D eigenvalue weighted by Crippen LogP contribution is -2.39. The predicted octanol–water partition coefficient (Wildman–Crippen LogP) is 0.350. The molecule has 0 bridgehead atoms. The summed E-state index contributed by atoms with van der Waals surface area (Å²) in [5.74, 6) is 2.10. The Morgan fingerprint density at radius 2 is 1.13 bits per heavy atom. The van der Waals surface area contributed by atoms with Crippen LogP contribution in [0.3, 0.4) is 0 Å². The molecule has 0 atom stereocenters. The van der Waals surface area contributed by atoms with Gasteiger partial charge in [0.15, 0.2) is 0 Å². The van der Waals surface area contributed by atoms with E-state index in [0.29, 0.717) is 11.9 Å². The van der Waals surface area contributed by atoms with Gasteiger partial charge < -0.3 is 25.0 Å². The summed E-state index contributed by atoms with van der Waals surface area (Å²) in [5, 5.41) is 6.83. The van der Waals surface area contributed by atoms with Gasteiger partial charge in [-0.2, -0.15) is 15.0 Å². The van der Waals surface area contributed by atoms with Gasteiger partial charge >= 0.3 is 0 Å². The number of piperidine rings is 1. The van der Waals surface area contributed by atoms with Crippen molar-refractivity contribution in [1.29, 1.82) is 0 Å². The monoisotopic (exact) mass is 420 g/mol. The molecule has 3 saturated heterocycles. The van der Waals surface area contributed by atoms with Crippen molar-refractivity contribution in [2.45, 2.75) is 19.3 Å². The second-order valence-corrected chi connectivity index (χ2v) is 8.09. The first kappa shape index (κ1) is 21.5. The average Bonchev–Trinajstić information content (AvgIpc) is 2.81. The SMILES string of the molecule is C1CCN(c2nc(NCCN3CCOCC3)nc(NCCN3CCOCC3)n2)CC1. The van der Waals surface area contributed by atoms with Gasteiger partial charge in [0.1, 0.15) is 0 Å². The molecule has 1 aromatic heterocycles. The number of morpholine rings is 2. The summed E-state index contributed by atoms with van der Waals surface area (Å²) in [4.78, 5) is 21.2. The molecule has 0 radical (unpaired) electrons. The highest BCUT2D eigenvalue weighted by molar-refractivity contribution is 5.44. The number of hydrogen-bond donors (Lipinski definition) is 2. The van der Waals surface area contributed by atoms with Gasteiger partial charge in [0.2, 0.25) is 17.8 Å². The molecule has 4 rings (SSSR count). The fourth-order valence-corrected chi connectivity index (χ4v) is 4.06. The van der Waals surface area contributed by atoms with E-state index in [9.17, 15) is 0 Å². The fourth-order valence-electron chi connectivity index (χ4n) is 4.06. The van der Waals surface area contributed by atoms with Crippen molar-refractivity contribution in [3.63, 3.8) is 0 Å². The van der Waals surface area contributed by atoms with Crippen molar-refractivity contribution >= 4 is 17.8 Å². The second kappa shape index (κ2) is 11.6. The highest BCUT2D eigenvalue weighted by atomic mass is 16.5. The zero-order valence-electron chi connectivity index (χ0n) is 18.0. The first-order valence-corrected chi connectivity index (χ1v) is 11.5. The van der Waals surface area contributed by atoms with Crippen molar-refractivity contribution in [3.05, 3.63) is 0 Å². The smallest absolute Gasteiger partial charge is 0.231 e. The molecule has 10 heteroatoms. The summed E-state index contributed by atoms with van der Waals surface area (Å²) in [7, 11) is 0. The van der Waals surface area contributed by atoms with Crippen LogP contribution in [-0.4, -0.2) is 117 Å². The van der Waals surface area contributed by atoms with Crippen molar-refractivity contribution in [2.75, 3.05) is 107 Å². The third-order valence-corrected chi connectivity index (χ3v) is 5.89. The summed E-state index contributed by atoms with van der Waals surface area (Å²) in [6, 6.07) is 0. The van der Waals surface area contributed by atoms with Gasteiger partial charge in [0.05, 0.1) is 26.4 Å². The normalized spacial score (nSPS) is 21.5. The lowest BCUT2D eigenvalue weighted by atomic mass is 10.1. The number of aromatic nitrogens is 3. The van der Waals surface area contributed by atoms with Gasteiger partial charge in [-0.05, 0) is 19.3 Å². The molecule has 0 aromatic carbocycles. The maximum atomic E-state index is 5.43. The largest absolute Gasteiger partial charge is 0.379 e. The van der Waals surface area contributed by atoms with Gasteiger partial charge in [0.25, 0.3) is 0 Å². The Kier molecular flexibility index (Phi) is 8.30. The Hall–Kier alpha value is -1.75. The maximum Gasteiger partial charge on any atom is 0.231 e. The van der Waals surface area contributed by atoms with E-state index in [2.05, 4.69) is 30.3 Å².